The highest BCUT2D eigenvalue weighted by atomic mass is 35.5. The molecule has 17 nitrogen and oxygen atoms in total. The summed E-state index contributed by atoms with van der Waals surface area (Å²) in [5.74, 6) is 0.425. The summed E-state index contributed by atoms with van der Waals surface area (Å²) in [5.41, 5.74) is 6.42. The molecule has 4 aromatic rings. The summed E-state index contributed by atoms with van der Waals surface area (Å²) >= 11 is 6.34. The quantitative estimate of drug-likeness (QED) is 0.0618. The number of hydrogen-bond donors (Lipinski definition) is 2. The van der Waals surface area contributed by atoms with E-state index >= 15 is 0 Å². The molecule has 406 valence electrons. The minimum Gasteiger partial charge on any atom is -0.493 e. The van der Waals surface area contributed by atoms with E-state index in [0.29, 0.717) is 71.7 Å². The van der Waals surface area contributed by atoms with E-state index in [1.54, 1.807) is 25.3 Å². The van der Waals surface area contributed by atoms with Crippen molar-refractivity contribution in [2.75, 3.05) is 108 Å². The number of ether oxygens (including phenoxy) is 5. The molecule has 4 aliphatic heterocycles. The van der Waals surface area contributed by atoms with E-state index in [2.05, 4.69) is 56.6 Å². The molecule has 5 amide bonds. The summed E-state index contributed by atoms with van der Waals surface area (Å²) in [4.78, 5) is 74.8. The number of methoxy groups -OCH3 is 1. The molecule has 9 rings (SSSR count). The lowest BCUT2D eigenvalue weighted by Crippen LogP contribution is -2.52. The van der Waals surface area contributed by atoms with Gasteiger partial charge in [0.15, 0.2) is 11.5 Å². The zero-order chi connectivity index (χ0) is 53.3. The van der Waals surface area contributed by atoms with Crippen LogP contribution in [0.1, 0.15) is 91.0 Å². The second kappa shape index (κ2) is 25.4. The molecule has 4 aromatic carbocycles. The first-order chi connectivity index (χ1) is 36.8. The molecule has 0 aromatic heterocycles. The average molecular weight is 1060 g/mol. The fourth-order valence-electron chi connectivity index (χ4n) is 11.4. The number of piperazine rings is 1. The first-order valence-corrected chi connectivity index (χ1v) is 27.2. The van der Waals surface area contributed by atoms with Crippen LogP contribution in [0.25, 0.3) is 0 Å². The number of fused-ring (bicyclic) bond motifs is 2. The van der Waals surface area contributed by atoms with Gasteiger partial charge >= 0.3 is 0 Å². The number of benzene rings is 4. The third-order valence-electron chi connectivity index (χ3n) is 15.4. The highest BCUT2D eigenvalue weighted by molar-refractivity contribution is 6.30. The van der Waals surface area contributed by atoms with E-state index in [-0.39, 0.29) is 74.8 Å². The van der Waals surface area contributed by atoms with Gasteiger partial charge in [0.1, 0.15) is 12.6 Å². The summed E-state index contributed by atoms with van der Waals surface area (Å²) in [7, 11) is 3.80. The predicted molar refractivity (Wildman–Crippen MR) is 290 cm³/mol. The van der Waals surface area contributed by atoms with Gasteiger partial charge in [0.05, 0.1) is 58.7 Å². The van der Waals surface area contributed by atoms with Gasteiger partial charge in [-0.05, 0) is 129 Å². The van der Waals surface area contributed by atoms with Crippen LogP contribution in [0.2, 0.25) is 5.02 Å². The van der Waals surface area contributed by atoms with Gasteiger partial charge in [-0.3, -0.25) is 39.1 Å². The zero-order valence-electron chi connectivity index (χ0n) is 44.2. The molecule has 1 saturated carbocycles. The Morgan fingerprint density at radius 1 is 0.829 bits per heavy atom. The minimum absolute atomic E-state index is 0.0163. The Balaban J connectivity index is 0.638. The standard InChI is InChI=1S/C58H72ClN7O10/c1-38(2)76-52-34-47-41(32-51(52)72-4)33-55(69)66(56(47)40-10-12-42(59)13-11-40)45-18-16-43(17-19-45)62(3)35-39-8-14-44(15-9-39)64-24-22-63(23-25-64)26-27-73-28-29-74-30-31-75-37-54(68)60-49-7-5-6-46-48(49)36-65(58(46)71)50-20-21-53(67)61-57(50)70/h5-7,10-13,16-19,32,34,38-39,44,50,56H,8-9,14-15,20-31,33,35-37H2,1-4H3,(H,60,68)(H,61,67,70)/t39?,44?,50?,56-/m0/s1. The van der Waals surface area contributed by atoms with Crippen LogP contribution in [0.15, 0.2) is 78.9 Å². The van der Waals surface area contributed by atoms with Crippen LogP contribution in [-0.4, -0.2) is 155 Å². The van der Waals surface area contributed by atoms with E-state index < -0.39 is 11.9 Å². The van der Waals surface area contributed by atoms with E-state index in [4.69, 9.17) is 35.3 Å². The molecule has 76 heavy (non-hydrogen) atoms. The molecule has 2 N–H and O–H groups in total. The van der Waals surface area contributed by atoms with Crippen molar-refractivity contribution in [1.82, 2.24) is 20.0 Å². The van der Waals surface area contributed by atoms with Gasteiger partial charge in [-0.1, -0.05) is 29.8 Å². The monoisotopic (exact) mass is 1060 g/mol. The molecular weight excluding hydrogens is 990 g/mol. The maximum absolute atomic E-state index is 14.1. The zero-order valence-corrected chi connectivity index (χ0v) is 45.0. The molecule has 1 unspecified atom stereocenters. The van der Waals surface area contributed by atoms with Crippen molar-refractivity contribution in [2.45, 2.75) is 89.6 Å². The lowest BCUT2D eigenvalue weighted by atomic mass is 9.84. The fraction of sp³-hybridized carbons (Fsp3) is 0.500. The predicted octanol–water partition coefficient (Wildman–Crippen LogP) is 6.88. The highest BCUT2D eigenvalue weighted by Gasteiger charge is 2.41. The SMILES string of the molecule is COc1cc2c(cc1OC(C)C)[C@H](c1ccc(Cl)cc1)N(c1ccc(N(C)CC3CCC(N4CCN(CCOCCOCCOCC(=O)Nc5cccc6c5CN(C5CCC(=O)NC5=O)C6=O)CC4)CC3)cc1)C(=O)C2. The third-order valence-corrected chi connectivity index (χ3v) is 15.6. The molecule has 0 radical (unpaired) electrons. The van der Waals surface area contributed by atoms with Crippen molar-refractivity contribution in [3.05, 3.63) is 112 Å². The van der Waals surface area contributed by atoms with Crippen LogP contribution in [0.4, 0.5) is 17.1 Å². The van der Waals surface area contributed by atoms with Crippen LogP contribution >= 0.6 is 11.6 Å². The van der Waals surface area contributed by atoms with Crippen LogP contribution in [0, 0.1) is 5.92 Å². The number of imide groups is 1. The average Bonchev–Trinajstić information content (AvgIpc) is 3.79. The molecule has 2 saturated heterocycles. The van der Waals surface area contributed by atoms with Gasteiger partial charge < -0.3 is 43.7 Å². The molecule has 4 heterocycles. The molecule has 5 aliphatic rings. The lowest BCUT2D eigenvalue weighted by Gasteiger charge is -2.42. The Bertz CT molecular complexity index is 2690. The van der Waals surface area contributed by atoms with Gasteiger partial charge in [-0.25, -0.2) is 0 Å². The number of amides is 5. The molecule has 1 aliphatic carbocycles. The van der Waals surface area contributed by atoms with Crippen molar-refractivity contribution in [2.24, 2.45) is 5.92 Å². The van der Waals surface area contributed by atoms with Crippen LogP contribution < -0.4 is 29.9 Å². The number of anilines is 3. The smallest absolute Gasteiger partial charge is 0.255 e. The second-order valence-corrected chi connectivity index (χ2v) is 21.2. The summed E-state index contributed by atoms with van der Waals surface area (Å²) in [6.45, 7) is 12.2. The van der Waals surface area contributed by atoms with Gasteiger partial charge in [-0.2, -0.15) is 0 Å². The van der Waals surface area contributed by atoms with Gasteiger partial charge in [0.25, 0.3) is 5.91 Å². The molecular formula is C58H72ClN7O10. The number of nitrogens with one attached hydrogen (secondary N) is 2. The van der Waals surface area contributed by atoms with Crippen molar-refractivity contribution in [3.63, 3.8) is 0 Å². The Hall–Kier alpha value is -6.08. The molecule has 3 fully saturated rings. The van der Waals surface area contributed by atoms with E-state index in [0.717, 1.165) is 67.3 Å². The van der Waals surface area contributed by atoms with E-state index in [1.165, 1.54) is 30.6 Å². The van der Waals surface area contributed by atoms with Crippen LogP contribution in [0.5, 0.6) is 11.5 Å². The normalized spacial score (nSPS) is 21.1. The van der Waals surface area contributed by atoms with Crippen molar-refractivity contribution < 1.29 is 47.7 Å². The first-order valence-electron chi connectivity index (χ1n) is 26.9. The lowest BCUT2D eigenvalue weighted by molar-refractivity contribution is -0.137. The molecule has 0 spiro atoms. The number of piperidine rings is 1. The minimum atomic E-state index is -0.729. The van der Waals surface area contributed by atoms with E-state index in [1.807, 2.05) is 55.1 Å². The number of carbonyl (C=O) groups is 5. The first kappa shape index (κ1) is 54.7. The topological polar surface area (TPSA) is 172 Å². The van der Waals surface area contributed by atoms with Crippen molar-refractivity contribution in [3.8, 4) is 11.5 Å². The fourth-order valence-corrected chi connectivity index (χ4v) is 11.5. The Kier molecular flexibility index (Phi) is 18.3. The number of halogens is 1. The number of carbonyl (C=O) groups excluding carboxylic acids is 5. The maximum Gasteiger partial charge on any atom is 0.255 e. The Morgan fingerprint density at radius 2 is 1.54 bits per heavy atom. The third kappa shape index (κ3) is 13.2. The second-order valence-electron chi connectivity index (χ2n) is 20.8. The molecule has 0 bridgehead atoms. The Labute approximate surface area is 451 Å². The summed E-state index contributed by atoms with van der Waals surface area (Å²) in [5, 5.41) is 5.77. The summed E-state index contributed by atoms with van der Waals surface area (Å²) < 4.78 is 29.0. The number of nitrogens with zero attached hydrogens (tertiary/aromatic N) is 5. The molecule has 18 heteroatoms. The Morgan fingerprint density at radius 3 is 2.24 bits per heavy atom. The largest absolute Gasteiger partial charge is 0.493 e. The van der Waals surface area contributed by atoms with Gasteiger partial charge in [0, 0.05) is 98.5 Å². The maximum atomic E-state index is 14.1. The summed E-state index contributed by atoms with van der Waals surface area (Å²) in [6.07, 6.45) is 5.49. The number of rotatable bonds is 22. The highest BCUT2D eigenvalue weighted by Crippen LogP contribution is 2.44. The van der Waals surface area contributed by atoms with E-state index in [9.17, 15) is 24.0 Å². The van der Waals surface area contributed by atoms with Crippen LogP contribution in [-0.2, 0) is 46.4 Å². The molecule has 2 atom stereocenters. The van der Waals surface area contributed by atoms with Gasteiger partial charge in [0.2, 0.25) is 23.6 Å². The van der Waals surface area contributed by atoms with Crippen molar-refractivity contribution >= 4 is 58.2 Å². The van der Waals surface area contributed by atoms with Crippen molar-refractivity contribution in [1.29, 1.82) is 0 Å². The van der Waals surface area contributed by atoms with Gasteiger partial charge in [-0.15, -0.1) is 0 Å². The number of hydrogen-bond acceptors (Lipinski definition) is 13. The summed E-state index contributed by atoms with van der Waals surface area (Å²) in [6, 6.07) is 24.8. The van der Waals surface area contributed by atoms with Crippen LogP contribution in [0.3, 0.4) is 0 Å².